The number of aryl methyl sites for hydroxylation is 1. The number of thiophene rings is 1. The quantitative estimate of drug-likeness (QED) is 0.650. The topological polar surface area (TPSA) is 36.7 Å². The highest BCUT2D eigenvalue weighted by molar-refractivity contribution is 7.15. The third-order valence-corrected chi connectivity index (χ3v) is 3.83. The van der Waals surface area contributed by atoms with Gasteiger partial charge in [0.2, 0.25) is 0 Å². The lowest BCUT2D eigenvalue weighted by Gasteiger charge is -2.01. The van der Waals surface area contributed by atoms with Crippen LogP contribution in [0.5, 0.6) is 0 Å². The summed E-state index contributed by atoms with van der Waals surface area (Å²) in [5.41, 5.74) is 3.16. The number of pyridine rings is 1. The fraction of sp³-hybridized carbons (Fsp3) is 0.0667. The molecule has 0 saturated heterocycles. The third kappa shape index (κ3) is 1.87. The molecule has 3 heteroatoms. The van der Waals surface area contributed by atoms with E-state index in [-0.39, 0.29) is 0 Å². The van der Waals surface area contributed by atoms with Gasteiger partial charge in [0.1, 0.15) is 10.9 Å². The van der Waals surface area contributed by atoms with Gasteiger partial charge in [0.15, 0.2) is 0 Å². The molecule has 2 nitrogen and oxygen atoms in total. The van der Waals surface area contributed by atoms with Gasteiger partial charge in [0.05, 0.1) is 16.1 Å². The molecule has 86 valence electrons. The molecule has 0 fully saturated rings. The van der Waals surface area contributed by atoms with Crippen molar-refractivity contribution in [1.82, 2.24) is 4.98 Å². The van der Waals surface area contributed by atoms with Crippen molar-refractivity contribution in [3.05, 3.63) is 52.9 Å². The molecule has 3 aromatic rings. The second kappa shape index (κ2) is 4.25. The Labute approximate surface area is 109 Å². The van der Waals surface area contributed by atoms with Crippen LogP contribution in [0.4, 0.5) is 0 Å². The smallest absolute Gasteiger partial charge is 0.110 e. The van der Waals surface area contributed by atoms with Crippen LogP contribution in [0, 0.1) is 18.3 Å². The number of hydrogen-bond donors (Lipinski definition) is 0. The monoisotopic (exact) mass is 250 g/mol. The highest BCUT2D eigenvalue weighted by Crippen LogP contribution is 2.27. The average Bonchev–Trinajstić information content (AvgIpc) is 2.87. The number of nitriles is 1. The van der Waals surface area contributed by atoms with Crippen molar-refractivity contribution in [2.24, 2.45) is 0 Å². The number of nitrogens with zero attached hydrogens (tertiary/aromatic N) is 2. The lowest BCUT2D eigenvalue weighted by molar-refractivity contribution is 1.40. The summed E-state index contributed by atoms with van der Waals surface area (Å²) in [6.07, 6.45) is 0. The predicted molar refractivity (Wildman–Crippen MR) is 74.5 cm³/mol. The number of fused-ring (bicyclic) bond motifs is 1. The Morgan fingerprint density at radius 3 is 2.78 bits per heavy atom. The van der Waals surface area contributed by atoms with Gasteiger partial charge in [-0.05, 0) is 37.3 Å². The van der Waals surface area contributed by atoms with Crippen molar-refractivity contribution in [3.8, 4) is 16.6 Å². The van der Waals surface area contributed by atoms with Crippen molar-refractivity contribution in [2.45, 2.75) is 6.92 Å². The normalized spacial score (nSPS) is 10.4. The minimum absolute atomic E-state index is 0.718. The summed E-state index contributed by atoms with van der Waals surface area (Å²) < 4.78 is 0. The van der Waals surface area contributed by atoms with E-state index in [1.54, 1.807) is 0 Å². The standard InChI is InChI=1S/C15H10N2S/c1-10-2-5-13-11(8-10)3-6-14(17-13)15-7-4-12(9-16)18-15/h2-8H,1H3. The Kier molecular flexibility index (Phi) is 2.58. The van der Waals surface area contributed by atoms with E-state index in [2.05, 4.69) is 36.2 Å². The van der Waals surface area contributed by atoms with Crippen molar-refractivity contribution in [1.29, 1.82) is 5.26 Å². The van der Waals surface area contributed by atoms with Crippen LogP contribution in [0.2, 0.25) is 0 Å². The first kappa shape index (κ1) is 10.9. The molecule has 2 heterocycles. The van der Waals surface area contributed by atoms with Crippen LogP contribution < -0.4 is 0 Å². The Morgan fingerprint density at radius 2 is 2.00 bits per heavy atom. The second-order valence-electron chi connectivity index (χ2n) is 4.17. The van der Waals surface area contributed by atoms with Crippen LogP contribution in [0.3, 0.4) is 0 Å². The zero-order valence-electron chi connectivity index (χ0n) is 9.84. The van der Waals surface area contributed by atoms with E-state index < -0.39 is 0 Å². The summed E-state index contributed by atoms with van der Waals surface area (Å²) in [5, 5.41) is 9.99. The summed E-state index contributed by atoms with van der Waals surface area (Å²) in [6.45, 7) is 2.08. The van der Waals surface area contributed by atoms with E-state index in [1.807, 2.05) is 24.3 Å². The Hall–Kier alpha value is -2.18. The maximum atomic E-state index is 8.84. The summed E-state index contributed by atoms with van der Waals surface area (Å²) in [4.78, 5) is 6.39. The molecule has 0 spiro atoms. The third-order valence-electron chi connectivity index (χ3n) is 2.81. The lowest BCUT2D eigenvalue weighted by atomic mass is 10.1. The number of hydrogen-bond acceptors (Lipinski definition) is 3. The van der Waals surface area contributed by atoms with Crippen LogP contribution >= 0.6 is 11.3 Å². The van der Waals surface area contributed by atoms with E-state index in [4.69, 9.17) is 5.26 Å². The predicted octanol–water partition coefficient (Wildman–Crippen LogP) is 4.14. The first-order chi connectivity index (χ1) is 8.76. The highest BCUT2D eigenvalue weighted by Gasteiger charge is 2.05. The number of rotatable bonds is 1. The van der Waals surface area contributed by atoms with E-state index in [0.717, 1.165) is 26.4 Å². The molecule has 3 rings (SSSR count). The molecule has 2 aromatic heterocycles. The first-order valence-electron chi connectivity index (χ1n) is 5.64. The molecular weight excluding hydrogens is 240 g/mol. The van der Waals surface area contributed by atoms with E-state index >= 15 is 0 Å². The van der Waals surface area contributed by atoms with E-state index in [0.29, 0.717) is 0 Å². The first-order valence-corrected chi connectivity index (χ1v) is 6.45. The number of benzene rings is 1. The zero-order valence-corrected chi connectivity index (χ0v) is 10.7. The minimum atomic E-state index is 0.718. The van der Waals surface area contributed by atoms with Crippen molar-refractivity contribution in [3.63, 3.8) is 0 Å². The maximum Gasteiger partial charge on any atom is 0.110 e. The summed E-state index contributed by atoms with van der Waals surface area (Å²) in [7, 11) is 0. The van der Waals surface area contributed by atoms with Crippen LogP contribution in [-0.2, 0) is 0 Å². The van der Waals surface area contributed by atoms with Crippen LogP contribution in [0.25, 0.3) is 21.5 Å². The second-order valence-corrected chi connectivity index (χ2v) is 5.25. The molecule has 0 radical (unpaired) electrons. The summed E-state index contributed by atoms with van der Waals surface area (Å²) in [5.74, 6) is 0. The van der Waals surface area contributed by atoms with Crippen LogP contribution in [0.15, 0.2) is 42.5 Å². The molecule has 0 unspecified atom stereocenters. The van der Waals surface area contributed by atoms with Gasteiger partial charge in [0, 0.05) is 5.39 Å². The van der Waals surface area contributed by atoms with Gasteiger partial charge in [-0.2, -0.15) is 5.26 Å². The largest absolute Gasteiger partial charge is 0.247 e. The van der Waals surface area contributed by atoms with Gasteiger partial charge in [0.25, 0.3) is 0 Å². The van der Waals surface area contributed by atoms with Crippen molar-refractivity contribution < 1.29 is 0 Å². The molecule has 0 saturated carbocycles. The Balaban J connectivity index is 2.13. The van der Waals surface area contributed by atoms with Crippen molar-refractivity contribution in [2.75, 3.05) is 0 Å². The van der Waals surface area contributed by atoms with Gasteiger partial charge in [-0.1, -0.05) is 17.7 Å². The molecule has 0 atom stereocenters. The molecule has 0 amide bonds. The van der Waals surface area contributed by atoms with Gasteiger partial charge < -0.3 is 0 Å². The molecule has 0 N–H and O–H groups in total. The summed E-state index contributed by atoms with van der Waals surface area (Å²) in [6, 6.07) is 16.2. The van der Waals surface area contributed by atoms with Crippen LogP contribution in [0.1, 0.15) is 10.4 Å². The highest BCUT2D eigenvalue weighted by atomic mass is 32.1. The van der Waals surface area contributed by atoms with Gasteiger partial charge >= 0.3 is 0 Å². The molecule has 0 bridgehead atoms. The fourth-order valence-electron chi connectivity index (χ4n) is 1.92. The molecular formula is C15H10N2S. The van der Waals surface area contributed by atoms with E-state index in [9.17, 15) is 0 Å². The Morgan fingerprint density at radius 1 is 1.11 bits per heavy atom. The molecule has 0 aliphatic heterocycles. The zero-order chi connectivity index (χ0) is 12.5. The van der Waals surface area contributed by atoms with E-state index in [1.165, 1.54) is 16.9 Å². The maximum absolute atomic E-state index is 8.84. The lowest BCUT2D eigenvalue weighted by Crippen LogP contribution is -1.83. The minimum Gasteiger partial charge on any atom is -0.247 e. The van der Waals surface area contributed by atoms with Gasteiger partial charge in [-0.15, -0.1) is 11.3 Å². The SMILES string of the molecule is Cc1ccc2nc(-c3ccc(C#N)s3)ccc2c1. The fourth-order valence-corrected chi connectivity index (χ4v) is 2.69. The van der Waals surface area contributed by atoms with Gasteiger partial charge in [-0.25, -0.2) is 4.98 Å². The summed E-state index contributed by atoms with van der Waals surface area (Å²) >= 11 is 1.47. The average molecular weight is 250 g/mol. The molecule has 0 aliphatic rings. The Bertz CT molecular complexity index is 766. The van der Waals surface area contributed by atoms with Gasteiger partial charge in [-0.3, -0.25) is 0 Å². The molecule has 0 aliphatic carbocycles. The molecule has 18 heavy (non-hydrogen) atoms. The number of aromatic nitrogens is 1. The van der Waals surface area contributed by atoms with Crippen molar-refractivity contribution >= 4 is 22.2 Å². The van der Waals surface area contributed by atoms with Crippen LogP contribution in [-0.4, -0.2) is 4.98 Å². The molecule has 1 aromatic carbocycles.